The Kier molecular flexibility index (Phi) is 4.45. The number of amides is 2. The number of aromatic amines is 1. The summed E-state index contributed by atoms with van der Waals surface area (Å²) in [6.45, 7) is 3.04. The van der Waals surface area contributed by atoms with Crippen molar-refractivity contribution in [3.8, 4) is 0 Å². The van der Waals surface area contributed by atoms with Crippen LogP contribution in [0, 0.1) is 0 Å². The first-order chi connectivity index (χ1) is 9.18. The fraction of sp³-hybridized carbons (Fsp3) is 0.636. The zero-order valence-corrected chi connectivity index (χ0v) is 10.9. The lowest BCUT2D eigenvalue weighted by Crippen LogP contribution is -2.44. The van der Waals surface area contributed by atoms with Gasteiger partial charge in [-0.2, -0.15) is 5.10 Å². The first-order valence-corrected chi connectivity index (χ1v) is 6.28. The van der Waals surface area contributed by atoms with Gasteiger partial charge in [0, 0.05) is 26.7 Å². The first kappa shape index (κ1) is 13.5. The summed E-state index contributed by atoms with van der Waals surface area (Å²) in [4.78, 5) is 31.0. The highest BCUT2D eigenvalue weighted by Crippen LogP contribution is 2.01. The molecule has 0 saturated carbocycles. The lowest BCUT2D eigenvalue weighted by Gasteiger charge is -2.22. The number of rotatable bonds is 2. The van der Waals surface area contributed by atoms with Gasteiger partial charge in [0.25, 0.3) is 0 Å². The summed E-state index contributed by atoms with van der Waals surface area (Å²) in [6.07, 6.45) is 2.24. The van der Waals surface area contributed by atoms with E-state index in [4.69, 9.17) is 0 Å². The van der Waals surface area contributed by atoms with Gasteiger partial charge in [-0.05, 0) is 13.0 Å². The Morgan fingerprint density at radius 2 is 2.26 bits per heavy atom. The van der Waals surface area contributed by atoms with Crippen LogP contribution in [-0.4, -0.2) is 70.0 Å². The van der Waals surface area contributed by atoms with Crippen LogP contribution in [0.2, 0.25) is 0 Å². The molecule has 19 heavy (non-hydrogen) atoms. The zero-order chi connectivity index (χ0) is 13.7. The van der Waals surface area contributed by atoms with Crippen LogP contribution in [0.4, 0.5) is 0 Å². The van der Waals surface area contributed by atoms with E-state index in [-0.39, 0.29) is 6.54 Å². The Morgan fingerprint density at radius 3 is 3.00 bits per heavy atom. The smallest absolute Gasteiger partial charge is 0.312 e. The zero-order valence-electron chi connectivity index (χ0n) is 10.9. The SMILES string of the molecule is CN(Cc1ncn[nH]1)C(=O)C(=O)N1CCCNCC1. The molecular weight excluding hydrogens is 248 g/mol. The Balaban J connectivity index is 1.92. The van der Waals surface area contributed by atoms with Gasteiger partial charge in [-0.3, -0.25) is 14.7 Å². The Morgan fingerprint density at radius 1 is 1.42 bits per heavy atom. The molecular formula is C11H18N6O2. The normalized spacial score (nSPS) is 15.9. The predicted octanol–water partition coefficient (Wildman–Crippen LogP) is -1.41. The molecule has 0 unspecified atom stereocenters. The highest BCUT2D eigenvalue weighted by molar-refractivity contribution is 6.34. The summed E-state index contributed by atoms with van der Waals surface area (Å²) in [5.41, 5.74) is 0. The predicted molar refractivity (Wildman–Crippen MR) is 66.9 cm³/mol. The van der Waals surface area contributed by atoms with Crippen molar-refractivity contribution < 1.29 is 9.59 Å². The average molecular weight is 266 g/mol. The fourth-order valence-electron chi connectivity index (χ4n) is 1.95. The Hall–Kier alpha value is -1.96. The van der Waals surface area contributed by atoms with E-state index in [1.807, 2.05) is 0 Å². The number of aromatic nitrogens is 3. The number of carbonyl (C=O) groups is 2. The molecule has 0 spiro atoms. The van der Waals surface area contributed by atoms with Crippen LogP contribution in [-0.2, 0) is 16.1 Å². The van der Waals surface area contributed by atoms with Crippen molar-refractivity contribution in [1.29, 1.82) is 0 Å². The molecule has 2 N–H and O–H groups in total. The second kappa shape index (κ2) is 6.28. The number of hydrogen-bond donors (Lipinski definition) is 2. The van der Waals surface area contributed by atoms with Gasteiger partial charge in [0.05, 0.1) is 6.54 Å². The van der Waals surface area contributed by atoms with Gasteiger partial charge in [-0.15, -0.1) is 0 Å². The molecule has 8 heteroatoms. The molecule has 104 valence electrons. The van der Waals surface area contributed by atoms with E-state index >= 15 is 0 Å². The van der Waals surface area contributed by atoms with Gasteiger partial charge < -0.3 is 15.1 Å². The maximum Gasteiger partial charge on any atom is 0.312 e. The molecule has 2 amide bonds. The quantitative estimate of drug-likeness (QED) is 0.641. The number of carbonyl (C=O) groups excluding carboxylic acids is 2. The Bertz CT molecular complexity index is 424. The van der Waals surface area contributed by atoms with Gasteiger partial charge in [0.2, 0.25) is 0 Å². The van der Waals surface area contributed by atoms with Gasteiger partial charge in [0.1, 0.15) is 12.2 Å². The fourth-order valence-corrected chi connectivity index (χ4v) is 1.95. The molecule has 1 fully saturated rings. The third kappa shape index (κ3) is 3.50. The minimum Gasteiger partial charge on any atom is -0.333 e. The van der Waals surface area contributed by atoms with E-state index in [9.17, 15) is 9.59 Å². The topological polar surface area (TPSA) is 94.2 Å². The van der Waals surface area contributed by atoms with E-state index in [2.05, 4.69) is 20.5 Å². The monoisotopic (exact) mass is 266 g/mol. The van der Waals surface area contributed by atoms with Gasteiger partial charge in [0.15, 0.2) is 0 Å². The van der Waals surface area contributed by atoms with Crippen molar-refractivity contribution in [1.82, 2.24) is 30.3 Å². The van der Waals surface area contributed by atoms with Crippen LogP contribution in [0.3, 0.4) is 0 Å². The summed E-state index contributed by atoms with van der Waals surface area (Å²) in [7, 11) is 1.58. The number of nitrogens with zero attached hydrogens (tertiary/aromatic N) is 4. The maximum atomic E-state index is 12.1. The van der Waals surface area contributed by atoms with Crippen LogP contribution in [0.1, 0.15) is 12.2 Å². The molecule has 0 radical (unpaired) electrons. The number of likely N-dealkylation sites (N-methyl/N-ethyl adjacent to an activating group) is 1. The Labute approximate surface area is 111 Å². The van der Waals surface area contributed by atoms with Crippen LogP contribution in [0.25, 0.3) is 0 Å². The molecule has 1 aliphatic heterocycles. The second-order valence-electron chi connectivity index (χ2n) is 4.49. The van der Waals surface area contributed by atoms with Crippen molar-refractivity contribution in [2.75, 3.05) is 33.2 Å². The molecule has 2 rings (SSSR count). The third-order valence-electron chi connectivity index (χ3n) is 3.01. The minimum atomic E-state index is -0.515. The first-order valence-electron chi connectivity index (χ1n) is 6.28. The van der Waals surface area contributed by atoms with Crippen molar-refractivity contribution >= 4 is 11.8 Å². The van der Waals surface area contributed by atoms with Gasteiger partial charge >= 0.3 is 11.8 Å². The van der Waals surface area contributed by atoms with E-state index in [0.717, 1.165) is 19.5 Å². The minimum absolute atomic E-state index is 0.247. The van der Waals surface area contributed by atoms with Gasteiger partial charge in [-0.25, -0.2) is 4.98 Å². The molecule has 0 aliphatic carbocycles. The summed E-state index contributed by atoms with van der Waals surface area (Å²) < 4.78 is 0. The molecule has 1 aliphatic rings. The van der Waals surface area contributed by atoms with Gasteiger partial charge in [-0.1, -0.05) is 0 Å². The summed E-state index contributed by atoms with van der Waals surface area (Å²) in [6, 6.07) is 0. The van der Waals surface area contributed by atoms with Crippen molar-refractivity contribution in [2.45, 2.75) is 13.0 Å². The number of nitrogens with one attached hydrogen (secondary N) is 2. The van der Waals surface area contributed by atoms with Crippen LogP contribution in [0.15, 0.2) is 6.33 Å². The molecule has 1 saturated heterocycles. The molecule has 1 aromatic rings. The summed E-state index contributed by atoms with van der Waals surface area (Å²) in [5.74, 6) is -0.412. The van der Waals surface area contributed by atoms with E-state index < -0.39 is 11.8 Å². The summed E-state index contributed by atoms with van der Waals surface area (Å²) in [5, 5.41) is 9.56. The molecule has 0 atom stereocenters. The number of hydrogen-bond acceptors (Lipinski definition) is 5. The van der Waals surface area contributed by atoms with Crippen molar-refractivity contribution in [3.63, 3.8) is 0 Å². The maximum absolute atomic E-state index is 12.1. The molecule has 0 aromatic carbocycles. The lowest BCUT2D eigenvalue weighted by atomic mass is 10.3. The van der Waals surface area contributed by atoms with E-state index in [0.29, 0.717) is 18.9 Å². The third-order valence-corrected chi connectivity index (χ3v) is 3.01. The van der Waals surface area contributed by atoms with Crippen LogP contribution in [0.5, 0.6) is 0 Å². The van der Waals surface area contributed by atoms with Crippen molar-refractivity contribution in [2.24, 2.45) is 0 Å². The van der Waals surface area contributed by atoms with Crippen molar-refractivity contribution in [3.05, 3.63) is 12.2 Å². The van der Waals surface area contributed by atoms with E-state index in [1.165, 1.54) is 11.2 Å². The largest absolute Gasteiger partial charge is 0.333 e. The average Bonchev–Trinajstić information content (AvgIpc) is 2.77. The highest BCUT2D eigenvalue weighted by Gasteiger charge is 2.25. The molecule has 2 heterocycles. The molecule has 0 bridgehead atoms. The molecule has 8 nitrogen and oxygen atoms in total. The molecule has 1 aromatic heterocycles. The number of H-pyrrole nitrogens is 1. The summed E-state index contributed by atoms with van der Waals surface area (Å²) >= 11 is 0. The van der Waals surface area contributed by atoms with Crippen LogP contribution < -0.4 is 5.32 Å². The standard InChI is InChI=1S/C11H18N6O2/c1-16(7-9-13-8-14-15-9)10(18)11(19)17-5-2-3-12-4-6-17/h8,12H,2-7H2,1H3,(H,13,14,15). The highest BCUT2D eigenvalue weighted by atomic mass is 16.2. The second-order valence-corrected chi connectivity index (χ2v) is 4.49. The van der Waals surface area contributed by atoms with E-state index in [1.54, 1.807) is 11.9 Å². The van der Waals surface area contributed by atoms with Crippen LogP contribution >= 0.6 is 0 Å². The lowest BCUT2D eigenvalue weighted by molar-refractivity contribution is -0.151.